The molecule has 0 saturated carbocycles. The van der Waals surface area contributed by atoms with E-state index in [2.05, 4.69) is 35.7 Å². The van der Waals surface area contributed by atoms with Gasteiger partial charge in [-0.25, -0.2) is 0 Å². The fourth-order valence-corrected chi connectivity index (χ4v) is 4.12. The largest absolute Gasteiger partial charge is 0.461 e. The van der Waals surface area contributed by atoms with Crippen molar-refractivity contribution in [1.82, 2.24) is 0 Å². The summed E-state index contributed by atoms with van der Waals surface area (Å²) in [4.78, 5) is 1.07. The number of hydrogen-bond acceptors (Lipinski definition) is 3. The van der Waals surface area contributed by atoms with E-state index >= 15 is 0 Å². The molecule has 2 aromatic carbocycles. The first kappa shape index (κ1) is 12.7. The highest BCUT2D eigenvalue weighted by atomic mass is 32.1. The van der Waals surface area contributed by atoms with E-state index in [0.717, 1.165) is 21.6 Å². The number of benzene rings is 2. The molecule has 0 atom stereocenters. The van der Waals surface area contributed by atoms with Gasteiger partial charge in [0.25, 0.3) is 0 Å². The number of rotatable bonds is 2. The summed E-state index contributed by atoms with van der Waals surface area (Å²) < 4.78 is 6.27. The van der Waals surface area contributed by atoms with Crippen LogP contribution in [-0.4, -0.2) is 5.05 Å². The monoisotopic (exact) mass is 308 g/mol. The molecule has 21 heavy (non-hydrogen) atoms. The second kappa shape index (κ2) is 4.79. The Morgan fingerprint density at radius 1 is 0.810 bits per heavy atom. The fourth-order valence-electron chi connectivity index (χ4n) is 2.93. The minimum Gasteiger partial charge on any atom is -0.461 e. The molecule has 0 fully saturated rings. The Bertz CT molecular complexity index is 751. The van der Waals surface area contributed by atoms with E-state index in [-0.39, 0.29) is 0 Å². The van der Waals surface area contributed by atoms with Gasteiger partial charge in [-0.15, -0.1) is 11.3 Å². The first-order valence-corrected chi connectivity index (χ1v) is 8.03. The first-order chi connectivity index (χ1) is 10.3. The van der Waals surface area contributed by atoms with Crippen LogP contribution in [0.25, 0.3) is 0 Å². The van der Waals surface area contributed by atoms with Gasteiger partial charge in [-0.05, 0) is 23.7 Å². The number of thiocarbonyl (C=S) groups is 1. The standard InChI is InChI=1S/C18H12OS2/c20-17-16-15(11-12-21-16)18(19-17,13-7-3-1-4-8-13)14-9-5-2-6-10-14/h1-12H. The summed E-state index contributed by atoms with van der Waals surface area (Å²) in [6, 6.07) is 22.7. The summed E-state index contributed by atoms with van der Waals surface area (Å²) in [7, 11) is 0. The fraction of sp³-hybridized carbons (Fsp3) is 0.0556. The molecule has 3 heteroatoms. The van der Waals surface area contributed by atoms with Crippen molar-refractivity contribution in [1.29, 1.82) is 0 Å². The predicted octanol–water partition coefficient (Wildman–Crippen LogP) is 4.75. The Hall–Kier alpha value is -1.97. The summed E-state index contributed by atoms with van der Waals surface area (Å²) in [5.74, 6) is 0. The molecule has 0 N–H and O–H groups in total. The zero-order valence-electron chi connectivity index (χ0n) is 11.2. The molecular weight excluding hydrogens is 296 g/mol. The maximum absolute atomic E-state index is 6.27. The van der Waals surface area contributed by atoms with Crippen molar-refractivity contribution in [2.75, 3.05) is 0 Å². The van der Waals surface area contributed by atoms with E-state index in [1.54, 1.807) is 11.3 Å². The summed E-state index contributed by atoms with van der Waals surface area (Å²) in [5, 5.41) is 2.67. The Morgan fingerprint density at radius 3 is 1.95 bits per heavy atom. The highest BCUT2D eigenvalue weighted by Gasteiger charge is 2.47. The van der Waals surface area contributed by atoms with Crippen molar-refractivity contribution < 1.29 is 4.74 Å². The van der Waals surface area contributed by atoms with Crippen molar-refractivity contribution in [3.05, 3.63) is 93.7 Å². The van der Waals surface area contributed by atoms with Gasteiger partial charge >= 0.3 is 0 Å². The Labute approximate surface area is 132 Å². The van der Waals surface area contributed by atoms with Gasteiger partial charge in [0, 0.05) is 16.7 Å². The van der Waals surface area contributed by atoms with Crippen LogP contribution in [0.3, 0.4) is 0 Å². The molecule has 0 saturated heterocycles. The lowest BCUT2D eigenvalue weighted by atomic mass is 9.82. The third kappa shape index (κ3) is 1.78. The molecular formula is C18H12OS2. The minimum atomic E-state index is -0.616. The predicted molar refractivity (Wildman–Crippen MR) is 89.9 cm³/mol. The van der Waals surface area contributed by atoms with E-state index in [9.17, 15) is 0 Å². The van der Waals surface area contributed by atoms with E-state index in [0.29, 0.717) is 5.05 Å². The zero-order chi connectivity index (χ0) is 14.3. The van der Waals surface area contributed by atoms with Gasteiger partial charge in [0.15, 0.2) is 5.60 Å². The van der Waals surface area contributed by atoms with E-state index in [1.807, 2.05) is 36.4 Å². The van der Waals surface area contributed by atoms with Gasteiger partial charge in [0.2, 0.25) is 5.05 Å². The van der Waals surface area contributed by atoms with Crippen molar-refractivity contribution in [3.63, 3.8) is 0 Å². The maximum atomic E-state index is 6.27. The second-order valence-electron chi connectivity index (χ2n) is 4.97. The molecule has 0 unspecified atom stereocenters. The number of ether oxygens (including phenoxy) is 1. The summed E-state index contributed by atoms with van der Waals surface area (Å²) in [5.41, 5.74) is 2.75. The SMILES string of the molecule is S=C1OC(c2ccccc2)(c2ccccc2)c2ccsc21. The van der Waals surface area contributed by atoms with E-state index in [4.69, 9.17) is 17.0 Å². The topological polar surface area (TPSA) is 9.23 Å². The van der Waals surface area contributed by atoms with Crippen molar-refractivity contribution >= 4 is 28.6 Å². The molecule has 0 aliphatic carbocycles. The molecule has 1 aliphatic heterocycles. The van der Waals surface area contributed by atoms with Crippen LogP contribution in [0.15, 0.2) is 72.1 Å². The lowest BCUT2D eigenvalue weighted by molar-refractivity contribution is 0.163. The highest BCUT2D eigenvalue weighted by molar-refractivity contribution is 7.80. The van der Waals surface area contributed by atoms with E-state index in [1.165, 1.54) is 0 Å². The molecule has 3 aromatic rings. The molecule has 0 radical (unpaired) electrons. The molecule has 102 valence electrons. The van der Waals surface area contributed by atoms with Gasteiger partial charge in [0.1, 0.15) is 0 Å². The van der Waals surface area contributed by atoms with Crippen molar-refractivity contribution in [3.8, 4) is 0 Å². The van der Waals surface area contributed by atoms with Gasteiger partial charge in [-0.1, -0.05) is 60.7 Å². The number of thiophene rings is 1. The van der Waals surface area contributed by atoms with Gasteiger partial charge in [-0.3, -0.25) is 0 Å². The van der Waals surface area contributed by atoms with E-state index < -0.39 is 5.60 Å². The summed E-state index contributed by atoms with van der Waals surface area (Å²) in [6.07, 6.45) is 0. The third-order valence-corrected chi connectivity index (χ3v) is 5.17. The van der Waals surface area contributed by atoms with Crippen LogP contribution < -0.4 is 0 Å². The Kier molecular flexibility index (Phi) is 2.91. The number of hydrogen-bond donors (Lipinski definition) is 0. The molecule has 4 rings (SSSR count). The molecule has 0 spiro atoms. The average molecular weight is 308 g/mol. The van der Waals surface area contributed by atoms with Crippen molar-refractivity contribution in [2.45, 2.75) is 5.60 Å². The van der Waals surface area contributed by atoms with Crippen LogP contribution in [0.2, 0.25) is 0 Å². The molecule has 1 nitrogen and oxygen atoms in total. The third-order valence-electron chi connectivity index (χ3n) is 3.84. The van der Waals surface area contributed by atoms with Crippen LogP contribution in [-0.2, 0) is 10.3 Å². The minimum absolute atomic E-state index is 0.590. The molecule has 0 amide bonds. The molecule has 2 heterocycles. The van der Waals surface area contributed by atoms with Gasteiger partial charge in [-0.2, -0.15) is 0 Å². The number of fused-ring (bicyclic) bond motifs is 1. The van der Waals surface area contributed by atoms with Gasteiger partial charge in [0.05, 0.1) is 4.88 Å². The average Bonchev–Trinajstić information content (AvgIpc) is 3.13. The lowest BCUT2D eigenvalue weighted by Crippen LogP contribution is -2.29. The Morgan fingerprint density at radius 2 is 1.38 bits per heavy atom. The van der Waals surface area contributed by atoms with Crippen LogP contribution in [0.5, 0.6) is 0 Å². The van der Waals surface area contributed by atoms with Crippen LogP contribution in [0.4, 0.5) is 0 Å². The van der Waals surface area contributed by atoms with Crippen LogP contribution >= 0.6 is 23.6 Å². The van der Waals surface area contributed by atoms with Crippen LogP contribution in [0, 0.1) is 0 Å². The molecule has 1 aromatic heterocycles. The normalized spacial score (nSPS) is 15.5. The highest BCUT2D eigenvalue weighted by Crippen LogP contribution is 2.48. The first-order valence-electron chi connectivity index (χ1n) is 6.75. The smallest absolute Gasteiger partial charge is 0.203 e. The summed E-state index contributed by atoms with van der Waals surface area (Å²) in [6.45, 7) is 0. The summed E-state index contributed by atoms with van der Waals surface area (Å²) >= 11 is 7.11. The van der Waals surface area contributed by atoms with Gasteiger partial charge < -0.3 is 4.74 Å². The zero-order valence-corrected chi connectivity index (χ0v) is 12.8. The molecule has 0 bridgehead atoms. The van der Waals surface area contributed by atoms with Crippen molar-refractivity contribution in [2.24, 2.45) is 0 Å². The Balaban J connectivity index is 2.05. The second-order valence-corrected chi connectivity index (χ2v) is 6.25. The maximum Gasteiger partial charge on any atom is 0.203 e. The lowest BCUT2D eigenvalue weighted by Gasteiger charge is -2.30. The quantitative estimate of drug-likeness (QED) is 0.632. The van der Waals surface area contributed by atoms with Crippen LogP contribution in [0.1, 0.15) is 21.6 Å². The molecule has 1 aliphatic rings.